The second-order valence-corrected chi connectivity index (χ2v) is 7.14. The highest BCUT2D eigenvalue weighted by Gasteiger charge is 2.13. The van der Waals surface area contributed by atoms with Crippen molar-refractivity contribution in [2.75, 3.05) is 24.5 Å². The Morgan fingerprint density at radius 2 is 1.52 bits per heavy atom. The quantitative estimate of drug-likeness (QED) is 0.642. The number of rotatable bonds is 7. The van der Waals surface area contributed by atoms with Crippen molar-refractivity contribution in [2.24, 2.45) is 0 Å². The van der Waals surface area contributed by atoms with E-state index in [1.807, 2.05) is 12.1 Å². The first-order valence-electron chi connectivity index (χ1n) is 10.3. The van der Waals surface area contributed by atoms with Gasteiger partial charge in [-0.15, -0.1) is 0 Å². The molecule has 0 saturated heterocycles. The molecule has 1 aromatic carbocycles. The third-order valence-electron chi connectivity index (χ3n) is 5.23. The van der Waals surface area contributed by atoms with Crippen LogP contribution >= 0.6 is 0 Å². The summed E-state index contributed by atoms with van der Waals surface area (Å²) in [7, 11) is 0. The van der Waals surface area contributed by atoms with Crippen molar-refractivity contribution < 1.29 is 9.59 Å². The van der Waals surface area contributed by atoms with Crippen molar-refractivity contribution in [3.8, 4) is 0 Å². The molecule has 1 aromatic rings. The second-order valence-electron chi connectivity index (χ2n) is 7.14. The van der Waals surface area contributed by atoms with Gasteiger partial charge in [0.25, 0.3) is 11.8 Å². The number of benzene rings is 1. The Morgan fingerprint density at radius 3 is 2.11 bits per heavy atom. The summed E-state index contributed by atoms with van der Waals surface area (Å²) < 4.78 is 0. The van der Waals surface area contributed by atoms with E-state index in [4.69, 9.17) is 0 Å². The van der Waals surface area contributed by atoms with Crippen LogP contribution in [0.5, 0.6) is 0 Å². The Bertz CT molecular complexity index is 576. The maximum Gasteiger partial charge on any atom is 0.269 e. The van der Waals surface area contributed by atoms with Crippen LogP contribution in [0.1, 0.15) is 69.2 Å². The van der Waals surface area contributed by atoms with Gasteiger partial charge in [-0.3, -0.25) is 20.4 Å². The zero-order chi connectivity index (χ0) is 19.5. The van der Waals surface area contributed by atoms with E-state index in [1.165, 1.54) is 32.1 Å². The number of carbonyl (C=O) groups is 2. The average molecular weight is 375 g/mol. The molecular formula is C21H34N4O2. The van der Waals surface area contributed by atoms with E-state index in [0.29, 0.717) is 11.6 Å². The number of nitrogens with one attached hydrogen (secondary N) is 3. The zero-order valence-electron chi connectivity index (χ0n) is 16.7. The van der Waals surface area contributed by atoms with E-state index in [1.54, 1.807) is 12.1 Å². The van der Waals surface area contributed by atoms with Crippen LogP contribution in [0.2, 0.25) is 0 Å². The highest BCUT2D eigenvalue weighted by atomic mass is 16.2. The fourth-order valence-electron chi connectivity index (χ4n) is 3.55. The van der Waals surface area contributed by atoms with Crippen LogP contribution in [0.25, 0.3) is 0 Å². The van der Waals surface area contributed by atoms with Gasteiger partial charge >= 0.3 is 0 Å². The number of hydrogen-bond donors (Lipinski definition) is 3. The second kappa shape index (κ2) is 11.6. The maximum absolute atomic E-state index is 12.2. The summed E-state index contributed by atoms with van der Waals surface area (Å²) in [5.41, 5.74) is 6.60. The molecule has 2 rings (SSSR count). The highest BCUT2D eigenvalue weighted by Crippen LogP contribution is 2.17. The van der Waals surface area contributed by atoms with E-state index in [0.717, 1.165) is 31.6 Å². The van der Waals surface area contributed by atoms with Crippen LogP contribution < -0.4 is 21.1 Å². The van der Waals surface area contributed by atoms with Gasteiger partial charge in [0.1, 0.15) is 0 Å². The molecule has 6 heteroatoms. The minimum Gasteiger partial charge on any atom is -0.372 e. The predicted molar refractivity (Wildman–Crippen MR) is 110 cm³/mol. The first-order valence-corrected chi connectivity index (χ1v) is 10.3. The third kappa shape index (κ3) is 7.21. The molecule has 0 aliphatic heterocycles. The van der Waals surface area contributed by atoms with Gasteiger partial charge in [0.2, 0.25) is 0 Å². The third-order valence-corrected chi connectivity index (χ3v) is 5.23. The van der Waals surface area contributed by atoms with Gasteiger partial charge < -0.3 is 10.2 Å². The molecule has 1 fully saturated rings. The summed E-state index contributed by atoms with van der Waals surface area (Å²) in [5.74, 6) is -0.523. The van der Waals surface area contributed by atoms with Crippen LogP contribution in [0, 0.1) is 0 Å². The molecule has 0 spiro atoms. The molecule has 150 valence electrons. The summed E-state index contributed by atoms with van der Waals surface area (Å²) in [6.07, 6.45) is 8.59. The molecule has 0 bridgehead atoms. The Kier molecular flexibility index (Phi) is 9.11. The van der Waals surface area contributed by atoms with E-state index in [9.17, 15) is 9.59 Å². The lowest BCUT2D eigenvalue weighted by atomic mass is 9.97. The minimum atomic E-state index is -0.305. The van der Waals surface area contributed by atoms with Gasteiger partial charge in [0.05, 0.1) is 6.54 Å². The van der Waals surface area contributed by atoms with Crippen molar-refractivity contribution in [1.29, 1.82) is 0 Å². The van der Waals surface area contributed by atoms with Gasteiger partial charge in [-0.2, -0.15) is 0 Å². The molecule has 0 heterocycles. The lowest BCUT2D eigenvalue weighted by Crippen LogP contribution is -2.47. The van der Waals surface area contributed by atoms with Crippen LogP contribution in [-0.4, -0.2) is 37.5 Å². The molecule has 6 nitrogen and oxygen atoms in total. The summed E-state index contributed by atoms with van der Waals surface area (Å²) in [6, 6.07) is 7.82. The number of amides is 2. The molecule has 1 aliphatic carbocycles. The Hall–Kier alpha value is -2.08. The first kappa shape index (κ1) is 21.2. The molecule has 0 aromatic heterocycles. The molecule has 1 saturated carbocycles. The number of carbonyl (C=O) groups excluding carboxylic acids is 2. The highest BCUT2D eigenvalue weighted by molar-refractivity contribution is 5.95. The normalized spacial score (nSPS) is 15.5. The Labute approximate surface area is 163 Å². The molecule has 0 atom stereocenters. The first-order chi connectivity index (χ1) is 13.1. The number of hydrogen-bond acceptors (Lipinski definition) is 4. The van der Waals surface area contributed by atoms with Crippen LogP contribution in [0.4, 0.5) is 5.69 Å². The van der Waals surface area contributed by atoms with Crippen molar-refractivity contribution in [1.82, 2.24) is 16.2 Å². The fourth-order valence-corrected chi connectivity index (χ4v) is 3.55. The smallest absolute Gasteiger partial charge is 0.269 e. The summed E-state index contributed by atoms with van der Waals surface area (Å²) >= 11 is 0. The minimum absolute atomic E-state index is 0.217. The largest absolute Gasteiger partial charge is 0.372 e. The Morgan fingerprint density at radius 1 is 0.926 bits per heavy atom. The standard InChI is InChI=1S/C21H34N4O2/c1-3-25(4-2)19-14-12-17(13-15-19)21(27)24-23-20(26)16-22-18-10-8-6-5-7-9-11-18/h12-15,18,22H,3-11,16H2,1-2H3,(H,23,26)(H,24,27). The van der Waals surface area contributed by atoms with Crippen molar-refractivity contribution in [3.63, 3.8) is 0 Å². The van der Waals surface area contributed by atoms with Crippen LogP contribution in [0.15, 0.2) is 24.3 Å². The van der Waals surface area contributed by atoms with Gasteiger partial charge in [-0.05, 0) is 51.0 Å². The summed E-state index contributed by atoms with van der Waals surface area (Å²) in [5, 5.41) is 3.32. The molecule has 0 unspecified atom stereocenters. The lowest BCUT2D eigenvalue weighted by molar-refractivity contribution is -0.121. The van der Waals surface area contributed by atoms with Crippen molar-refractivity contribution in [3.05, 3.63) is 29.8 Å². The van der Waals surface area contributed by atoms with Crippen molar-refractivity contribution in [2.45, 2.75) is 64.8 Å². The van der Waals surface area contributed by atoms with Gasteiger partial charge in [-0.1, -0.05) is 32.1 Å². The van der Waals surface area contributed by atoms with E-state index in [2.05, 4.69) is 34.9 Å². The molecule has 0 radical (unpaired) electrons. The maximum atomic E-state index is 12.2. The number of hydrazine groups is 1. The van der Waals surface area contributed by atoms with Crippen molar-refractivity contribution >= 4 is 17.5 Å². The van der Waals surface area contributed by atoms with Gasteiger partial charge in [-0.25, -0.2) is 0 Å². The number of nitrogens with zero attached hydrogens (tertiary/aromatic N) is 1. The Balaban J connectivity index is 1.73. The molecule has 2 amide bonds. The molecule has 27 heavy (non-hydrogen) atoms. The van der Waals surface area contributed by atoms with E-state index in [-0.39, 0.29) is 18.4 Å². The zero-order valence-corrected chi connectivity index (χ0v) is 16.7. The molecular weight excluding hydrogens is 340 g/mol. The fraction of sp³-hybridized carbons (Fsp3) is 0.619. The summed E-state index contributed by atoms with van der Waals surface area (Å²) in [4.78, 5) is 26.4. The number of anilines is 1. The predicted octanol–water partition coefficient (Wildman–Crippen LogP) is 3.00. The van der Waals surface area contributed by atoms with Crippen LogP contribution in [0.3, 0.4) is 0 Å². The SMILES string of the molecule is CCN(CC)c1ccc(C(=O)NNC(=O)CNC2CCCCCCC2)cc1. The monoisotopic (exact) mass is 374 g/mol. The van der Waals surface area contributed by atoms with E-state index >= 15 is 0 Å². The van der Waals surface area contributed by atoms with Gasteiger partial charge in [0, 0.05) is 30.4 Å². The van der Waals surface area contributed by atoms with E-state index < -0.39 is 0 Å². The van der Waals surface area contributed by atoms with Gasteiger partial charge in [0.15, 0.2) is 0 Å². The average Bonchev–Trinajstić information content (AvgIpc) is 2.66. The lowest BCUT2D eigenvalue weighted by Gasteiger charge is -2.21. The molecule has 1 aliphatic rings. The summed E-state index contributed by atoms with van der Waals surface area (Å²) in [6.45, 7) is 6.28. The van der Waals surface area contributed by atoms with Crippen LogP contribution in [-0.2, 0) is 4.79 Å². The molecule has 3 N–H and O–H groups in total. The topological polar surface area (TPSA) is 73.5 Å².